The maximum absolute atomic E-state index is 11.4. The molecule has 1 atom stereocenters. The van der Waals surface area contributed by atoms with Crippen LogP contribution in [0.4, 0.5) is 0 Å². The van der Waals surface area contributed by atoms with Crippen molar-refractivity contribution >= 4 is 24.2 Å². The van der Waals surface area contributed by atoms with Crippen molar-refractivity contribution in [3.05, 3.63) is 5.69 Å². The van der Waals surface area contributed by atoms with E-state index in [1.807, 2.05) is 20.9 Å². The molecule has 1 fully saturated rings. The van der Waals surface area contributed by atoms with Crippen molar-refractivity contribution in [1.82, 2.24) is 25.2 Å². The minimum Gasteiger partial charge on any atom is -0.378 e. The Balaban J connectivity index is 0.00000249. The van der Waals surface area contributed by atoms with Gasteiger partial charge in [0.15, 0.2) is 0 Å². The molecule has 1 saturated heterocycles. The summed E-state index contributed by atoms with van der Waals surface area (Å²) in [7, 11) is 7.25. The van der Waals surface area contributed by atoms with Crippen LogP contribution in [0.2, 0.25) is 0 Å². The molecule has 0 bridgehead atoms. The molecule has 1 unspecified atom stereocenters. The van der Waals surface area contributed by atoms with Gasteiger partial charge >= 0.3 is 0 Å². The number of nitrogens with zero attached hydrogens (tertiary/aromatic N) is 4. The predicted octanol–water partition coefficient (Wildman–Crippen LogP) is -1.05. The molecule has 0 aliphatic carbocycles. The first-order chi connectivity index (χ1) is 15.6. The van der Waals surface area contributed by atoms with E-state index in [9.17, 15) is 4.21 Å². The van der Waals surface area contributed by atoms with Crippen LogP contribution in [0.25, 0.3) is 0 Å². The van der Waals surface area contributed by atoms with E-state index in [1.165, 1.54) is 0 Å². The maximum atomic E-state index is 11.4. The van der Waals surface area contributed by atoms with Gasteiger partial charge in [-0.3, -0.25) is 13.8 Å². The Hall–Kier alpha value is -0.885. The van der Waals surface area contributed by atoms with E-state index >= 15 is 0 Å². The molecule has 2 rings (SSSR count). The fourth-order valence-corrected chi connectivity index (χ4v) is 3.64. The molecule has 2 radical (unpaired) electrons. The quantitative estimate of drug-likeness (QED) is 0.211. The van der Waals surface area contributed by atoms with Crippen molar-refractivity contribution in [2.24, 2.45) is 0 Å². The third-order valence-corrected chi connectivity index (χ3v) is 5.91. The van der Waals surface area contributed by atoms with E-state index in [1.54, 1.807) is 10.9 Å². The highest BCUT2D eigenvalue weighted by Gasteiger charge is 2.30. The average molecular weight is 473 g/mol. The topological polar surface area (TPSA) is 100.0 Å². The molecule has 1 aliphatic heterocycles. The normalized spacial score (nSPS) is 15.2. The van der Waals surface area contributed by atoms with E-state index in [0.717, 1.165) is 25.3 Å². The van der Waals surface area contributed by atoms with Crippen LogP contribution in [0.5, 0.6) is 0 Å². The predicted molar refractivity (Wildman–Crippen MR) is 127 cm³/mol. The summed E-state index contributed by atoms with van der Waals surface area (Å²) in [6.07, 6.45) is 1.75. The van der Waals surface area contributed by atoms with Crippen LogP contribution >= 0.6 is 0 Å². The van der Waals surface area contributed by atoms with E-state index in [-0.39, 0.29) is 5.25 Å². The van der Waals surface area contributed by atoms with Gasteiger partial charge < -0.3 is 24.3 Å². The van der Waals surface area contributed by atoms with E-state index in [4.69, 9.17) is 26.8 Å². The maximum Gasteiger partial charge on any atom is 0.144 e. The summed E-state index contributed by atoms with van der Waals surface area (Å²) in [6, 6.07) is 0. The fourth-order valence-electron chi connectivity index (χ4n) is 2.79. The summed E-state index contributed by atoms with van der Waals surface area (Å²) in [6.45, 7) is 12.1. The van der Waals surface area contributed by atoms with Crippen molar-refractivity contribution in [3.63, 3.8) is 0 Å². The number of ether oxygens (including phenoxy) is 4. The van der Waals surface area contributed by atoms with Gasteiger partial charge in [0.2, 0.25) is 0 Å². The number of hydrogen-bond acceptors (Lipinski definition) is 9. The largest absolute Gasteiger partial charge is 0.378 e. The third-order valence-electron chi connectivity index (χ3n) is 4.67. The lowest BCUT2D eigenvalue weighted by atomic mass is 10.0. The Morgan fingerprint density at radius 1 is 1.00 bits per heavy atom. The number of rotatable bonds is 18. The summed E-state index contributed by atoms with van der Waals surface area (Å²) >= 11 is 0. The highest BCUT2D eigenvalue weighted by molar-refractivity contribution is 7.85. The minimum absolute atomic E-state index is 0.255. The summed E-state index contributed by atoms with van der Waals surface area (Å²) < 4.78 is 34.8. The molecule has 0 spiro atoms. The van der Waals surface area contributed by atoms with Crippen molar-refractivity contribution < 1.29 is 23.2 Å². The van der Waals surface area contributed by atoms with Crippen LogP contribution in [-0.4, -0.2) is 123 Å². The van der Waals surface area contributed by atoms with E-state index in [0.29, 0.717) is 71.5 Å². The third kappa shape index (κ3) is 11.8. The SMILES string of the molecule is CC.[B]c1c(CN2CC(S(C)=O)C2)nnn1CCOCCOCCOCCOCCNC. The molecule has 0 aromatic carbocycles. The van der Waals surface area contributed by atoms with Gasteiger partial charge in [0.25, 0.3) is 0 Å². The standard InChI is InChI=1S/C18H34BN5O5S.C2H6/c1-20-3-5-26-7-9-28-11-12-29-10-8-27-6-4-24-18(19)17(21-22-24)15-23-13-16(14-23)30(2)25;1-2/h16,20H,3-15H2,1-2H3;1-2H3. The number of likely N-dealkylation sites (tertiary alicyclic amines) is 1. The van der Waals surface area contributed by atoms with Crippen molar-refractivity contribution in [2.75, 3.05) is 85.8 Å². The Kier molecular flexibility index (Phi) is 16.9. The first-order valence-corrected chi connectivity index (χ1v) is 12.9. The number of hydrogen-bond donors (Lipinski definition) is 1. The molecule has 0 saturated carbocycles. The smallest absolute Gasteiger partial charge is 0.144 e. The van der Waals surface area contributed by atoms with Gasteiger partial charge in [0.05, 0.1) is 70.3 Å². The number of aromatic nitrogens is 3. The summed E-state index contributed by atoms with van der Waals surface area (Å²) in [5.74, 6) is 0. The second kappa shape index (κ2) is 18.5. The van der Waals surface area contributed by atoms with Gasteiger partial charge in [0.1, 0.15) is 7.85 Å². The fraction of sp³-hybridized carbons (Fsp3) is 0.900. The number of nitrogens with one attached hydrogen (secondary N) is 1. The summed E-state index contributed by atoms with van der Waals surface area (Å²) in [5.41, 5.74) is 1.31. The molecule has 32 heavy (non-hydrogen) atoms. The molecule has 184 valence electrons. The van der Waals surface area contributed by atoms with Gasteiger partial charge in [-0.2, -0.15) is 0 Å². The van der Waals surface area contributed by atoms with Crippen molar-refractivity contribution in [1.29, 1.82) is 0 Å². The van der Waals surface area contributed by atoms with Crippen LogP contribution in [0.1, 0.15) is 19.5 Å². The molecular formula is C20H40BN5O5S. The van der Waals surface area contributed by atoms with Gasteiger partial charge in [0, 0.05) is 48.8 Å². The number of likely N-dealkylation sites (N-methyl/N-ethyl adjacent to an activating group) is 1. The minimum atomic E-state index is -0.770. The Morgan fingerprint density at radius 2 is 1.53 bits per heavy atom. The van der Waals surface area contributed by atoms with Crippen LogP contribution in [-0.2, 0) is 42.8 Å². The highest BCUT2D eigenvalue weighted by Crippen LogP contribution is 2.14. The Labute approximate surface area is 196 Å². The average Bonchev–Trinajstić information content (AvgIpc) is 3.11. The molecule has 1 aliphatic rings. The molecule has 2 heterocycles. The lowest BCUT2D eigenvalue weighted by Crippen LogP contribution is -2.52. The zero-order chi connectivity index (χ0) is 23.6. The Bertz CT molecular complexity index is 619. The second-order valence-corrected chi connectivity index (χ2v) is 8.68. The van der Waals surface area contributed by atoms with Gasteiger partial charge in [-0.25, -0.2) is 0 Å². The molecule has 1 N–H and O–H groups in total. The van der Waals surface area contributed by atoms with Crippen LogP contribution in [0.3, 0.4) is 0 Å². The first kappa shape index (κ1) is 29.1. The monoisotopic (exact) mass is 473 g/mol. The van der Waals surface area contributed by atoms with Crippen molar-refractivity contribution in [3.8, 4) is 0 Å². The lowest BCUT2D eigenvalue weighted by molar-refractivity contribution is -0.00228. The molecule has 10 nitrogen and oxygen atoms in total. The molecule has 12 heteroatoms. The lowest BCUT2D eigenvalue weighted by Gasteiger charge is -2.37. The van der Waals surface area contributed by atoms with Gasteiger partial charge in [-0.1, -0.05) is 19.1 Å². The zero-order valence-electron chi connectivity index (χ0n) is 20.1. The first-order valence-electron chi connectivity index (χ1n) is 11.3. The van der Waals surface area contributed by atoms with Crippen molar-refractivity contribution in [2.45, 2.75) is 32.2 Å². The highest BCUT2D eigenvalue weighted by atomic mass is 32.2. The van der Waals surface area contributed by atoms with Crippen LogP contribution in [0.15, 0.2) is 0 Å². The summed E-state index contributed by atoms with van der Waals surface area (Å²) in [4.78, 5) is 2.17. The van der Waals surface area contributed by atoms with Gasteiger partial charge in [-0.05, 0) is 7.05 Å². The molecular weight excluding hydrogens is 433 g/mol. The van der Waals surface area contributed by atoms with Crippen LogP contribution in [0, 0.1) is 0 Å². The molecule has 1 aromatic rings. The Morgan fingerprint density at radius 3 is 2.06 bits per heavy atom. The van der Waals surface area contributed by atoms with E-state index < -0.39 is 10.8 Å². The second-order valence-electron chi connectivity index (χ2n) is 7.01. The molecule has 0 amide bonds. The summed E-state index contributed by atoms with van der Waals surface area (Å²) in [5, 5.41) is 11.5. The van der Waals surface area contributed by atoms with Gasteiger partial charge in [-0.15, -0.1) is 5.10 Å². The zero-order valence-corrected chi connectivity index (χ0v) is 20.9. The van der Waals surface area contributed by atoms with E-state index in [2.05, 4.69) is 20.5 Å². The van der Waals surface area contributed by atoms with Crippen LogP contribution < -0.4 is 10.9 Å². The molecule has 1 aromatic heterocycles.